The molecule has 0 aliphatic rings. The summed E-state index contributed by atoms with van der Waals surface area (Å²) in [4.78, 5) is 13.6. The summed E-state index contributed by atoms with van der Waals surface area (Å²) in [6.07, 6.45) is 8.74. The van der Waals surface area contributed by atoms with Gasteiger partial charge in [0, 0.05) is 16.5 Å². The molecule has 5 heteroatoms. The van der Waals surface area contributed by atoms with Crippen molar-refractivity contribution < 1.29 is 0 Å². The summed E-state index contributed by atoms with van der Waals surface area (Å²) in [5.41, 5.74) is 1.13. The first-order valence-electron chi connectivity index (χ1n) is 5.85. The van der Waals surface area contributed by atoms with Crippen molar-refractivity contribution in [2.24, 2.45) is 0 Å². The molecule has 0 radical (unpaired) electrons. The second-order valence-electron chi connectivity index (χ2n) is 5.09. The highest BCUT2D eigenvalue weighted by atomic mass is 32.1. The summed E-state index contributed by atoms with van der Waals surface area (Å²) in [6.45, 7) is 6.43. The molecule has 0 aliphatic heterocycles. The van der Waals surface area contributed by atoms with E-state index in [1.54, 1.807) is 17.5 Å². The van der Waals surface area contributed by atoms with Crippen LogP contribution in [0.25, 0.3) is 12.2 Å². The van der Waals surface area contributed by atoms with E-state index in [-0.39, 0.29) is 5.41 Å². The van der Waals surface area contributed by atoms with Gasteiger partial charge in [-0.25, -0.2) is 9.97 Å². The molecule has 19 heavy (non-hydrogen) atoms. The van der Waals surface area contributed by atoms with Crippen LogP contribution in [0, 0.1) is 11.3 Å². The second kappa shape index (κ2) is 5.29. The summed E-state index contributed by atoms with van der Waals surface area (Å²) in [6, 6.07) is 1.94. The van der Waals surface area contributed by atoms with Crippen molar-refractivity contribution in [3.63, 3.8) is 0 Å². The van der Waals surface area contributed by atoms with Crippen LogP contribution in [0.3, 0.4) is 0 Å². The molecule has 0 saturated heterocycles. The zero-order valence-electron chi connectivity index (χ0n) is 11.1. The monoisotopic (exact) mass is 270 g/mol. The number of thiazole rings is 1. The average molecular weight is 270 g/mol. The molecule has 2 heterocycles. The Morgan fingerprint density at radius 2 is 1.89 bits per heavy atom. The summed E-state index contributed by atoms with van der Waals surface area (Å²) in [7, 11) is 0. The predicted octanol–water partition coefficient (Wildman–Crippen LogP) is 3.27. The summed E-state index contributed by atoms with van der Waals surface area (Å²) < 4.78 is 0. The standard InChI is InChI=1S/C14H14N4S/c1-14(2,3)13-18-9-12(19-13)5-4-10-7-17-11(6-15)8-16-10/h4-5,7-9H,1-3H3/b5-4+. The van der Waals surface area contributed by atoms with Crippen molar-refractivity contribution in [1.29, 1.82) is 5.26 Å². The Morgan fingerprint density at radius 1 is 1.11 bits per heavy atom. The van der Waals surface area contributed by atoms with E-state index < -0.39 is 0 Å². The van der Waals surface area contributed by atoms with Gasteiger partial charge in [-0.05, 0) is 12.2 Å². The molecule has 0 spiro atoms. The molecule has 0 bridgehead atoms. The van der Waals surface area contributed by atoms with Crippen molar-refractivity contribution >= 4 is 23.5 Å². The number of hydrogen-bond donors (Lipinski definition) is 0. The van der Waals surface area contributed by atoms with E-state index in [1.165, 1.54) is 6.20 Å². The number of hydrogen-bond acceptors (Lipinski definition) is 5. The molecule has 2 aromatic rings. The maximum atomic E-state index is 8.64. The van der Waals surface area contributed by atoms with E-state index in [1.807, 2.05) is 24.4 Å². The number of rotatable bonds is 2. The zero-order valence-corrected chi connectivity index (χ0v) is 11.9. The molecule has 0 unspecified atom stereocenters. The normalized spacial score (nSPS) is 11.7. The molecule has 2 aromatic heterocycles. The van der Waals surface area contributed by atoms with Gasteiger partial charge in [-0.2, -0.15) is 5.26 Å². The molecule has 0 fully saturated rings. The third-order valence-electron chi connectivity index (χ3n) is 2.37. The highest BCUT2D eigenvalue weighted by molar-refractivity contribution is 7.12. The molecule has 96 valence electrons. The molecule has 0 N–H and O–H groups in total. The molecular weight excluding hydrogens is 256 g/mol. The van der Waals surface area contributed by atoms with Gasteiger partial charge >= 0.3 is 0 Å². The minimum absolute atomic E-state index is 0.0744. The zero-order chi connectivity index (χ0) is 13.9. The minimum Gasteiger partial charge on any atom is -0.252 e. The minimum atomic E-state index is 0.0744. The van der Waals surface area contributed by atoms with Crippen LogP contribution < -0.4 is 0 Å². The highest BCUT2D eigenvalue weighted by Gasteiger charge is 2.17. The molecule has 0 aromatic carbocycles. The van der Waals surface area contributed by atoms with Crippen molar-refractivity contribution in [3.8, 4) is 6.07 Å². The van der Waals surface area contributed by atoms with Gasteiger partial charge < -0.3 is 0 Å². The van der Waals surface area contributed by atoms with Crippen molar-refractivity contribution in [1.82, 2.24) is 15.0 Å². The quantitative estimate of drug-likeness (QED) is 0.840. The van der Waals surface area contributed by atoms with Gasteiger partial charge in [-0.15, -0.1) is 11.3 Å². The molecule has 0 saturated carbocycles. The van der Waals surface area contributed by atoms with Gasteiger partial charge in [-0.1, -0.05) is 20.8 Å². The van der Waals surface area contributed by atoms with Crippen molar-refractivity contribution in [2.45, 2.75) is 26.2 Å². The van der Waals surface area contributed by atoms with Gasteiger partial charge in [0.25, 0.3) is 0 Å². The van der Waals surface area contributed by atoms with E-state index in [0.29, 0.717) is 5.69 Å². The first-order chi connectivity index (χ1) is 8.99. The number of aromatic nitrogens is 3. The van der Waals surface area contributed by atoms with Crippen LogP contribution in [0.5, 0.6) is 0 Å². The lowest BCUT2D eigenvalue weighted by Crippen LogP contribution is -2.09. The van der Waals surface area contributed by atoms with E-state index in [2.05, 4.69) is 35.7 Å². The molecule has 4 nitrogen and oxygen atoms in total. The fourth-order valence-electron chi connectivity index (χ4n) is 1.36. The van der Waals surface area contributed by atoms with Crippen LogP contribution >= 0.6 is 11.3 Å². The molecule has 0 atom stereocenters. The fourth-order valence-corrected chi connectivity index (χ4v) is 2.24. The van der Waals surface area contributed by atoms with Crippen LogP contribution in [0.15, 0.2) is 18.6 Å². The van der Waals surface area contributed by atoms with Gasteiger partial charge in [0.2, 0.25) is 0 Å². The molecule has 0 amide bonds. The Bertz CT molecular complexity index is 627. The van der Waals surface area contributed by atoms with Crippen LogP contribution in [-0.4, -0.2) is 15.0 Å². The summed E-state index contributed by atoms with van der Waals surface area (Å²) in [5, 5.41) is 9.75. The molecule has 0 aliphatic carbocycles. The third-order valence-corrected chi connectivity index (χ3v) is 3.76. The topological polar surface area (TPSA) is 62.5 Å². The maximum Gasteiger partial charge on any atom is 0.158 e. The summed E-state index contributed by atoms with van der Waals surface area (Å²) in [5.74, 6) is 0. The third kappa shape index (κ3) is 3.46. The second-order valence-corrected chi connectivity index (χ2v) is 6.15. The van der Waals surface area contributed by atoms with Gasteiger partial charge in [0.1, 0.15) is 6.07 Å². The van der Waals surface area contributed by atoms with Crippen LogP contribution in [-0.2, 0) is 5.41 Å². The Kier molecular flexibility index (Phi) is 3.72. The van der Waals surface area contributed by atoms with E-state index in [0.717, 1.165) is 15.6 Å². The summed E-state index contributed by atoms with van der Waals surface area (Å²) >= 11 is 1.67. The maximum absolute atomic E-state index is 8.64. The first-order valence-corrected chi connectivity index (χ1v) is 6.67. The predicted molar refractivity (Wildman–Crippen MR) is 76.5 cm³/mol. The Hall–Kier alpha value is -2.06. The number of nitriles is 1. The Balaban J connectivity index is 2.14. The van der Waals surface area contributed by atoms with E-state index >= 15 is 0 Å². The molecule has 2 rings (SSSR count). The lowest BCUT2D eigenvalue weighted by Gasteiger charge is -2.13. The fraction of sp³-hybridized carbons (Fsp3) is 0.286. The average Bonchev–Trinajstić information content (AvgIpc) is 2.86. The number of nitrogens with zero attached hydrogens (tertiary/aromatic N) is 4. The largest absolute Gasteiger partial charge is 0.252 e. The van der Waals surface area contributed by atoms with Gasteiger partial charge in [0.15, 0.2) is 5.69 Å². The van der Waals surface area contributed by atoms with Crippen LogP contribution in [0.1, 0.15) is 42.0 Å². The molecular formula is C14H14N4S. The smallest absolute Gasteiger partial charge is 0.158 e. The van der Waals surface area contributed by atoms with Crippen LogP contribution in [0.4, 0.5) is 0 Å². The Morgan fingerprint density at radius 3 is 2.42 bits per heavy atom. The van der Waals surface area contributed by atoms with E-state index in [9.17, 15) is 0 Å². The SMILES string of the molecule is CC(C)(C)c1ncc(/C=C/c2cnc(C#N)cn2)s1. The first kappa shape index (κ1) is 13.4. The Labute approximate surface area is 116 Å². The van der Waals surface area contributed by atoms with Gasteiger partial charge in [-0.3, -0.25) is 4.98 Å². The van der Waals surface area contributed by atoms with Crippen LogP contribution in [0.2, 0.25) is 0 Å². The lowest BCUT2D eigenvalue weighted by atomic mass is 9.98. The van der Waals surface area contributed by atoms with Gasteiger partial charge in [0.05, 0.1) is 23.1 Å². The van der Waals surface area contributed by atoms with E-state index in [4.69, 9.17) is 5.26 Å². The van der Waals surface area contributed by atoms with Crippen molar-refractivity contribution in [2.75, 3.05) is 0 Å². The highest BCUT2D eigenvalue weighted by Crippen LogP contribution is 2.27. The lowest BCUT2D eigenvalue weighted by molar-refractivity contribution is 0.585. The van der Waals surface area contributed by atoms with Crippen molar-refractivity contribution in [3.05, 3.63) is 39.9 Å².